The number of aliphatic carboxylic acids is 1. The van der Waals surface area contributed by atoms with Crippen molar-refractivity contribution < 1.29 is 29.4 Å². The number of aromatic hydroxyl groups is 1. The highest BCUT2D eigenvalue weighted by Gasteiger charge is 2.28. The average Bonchev–Trinajstić information content (AvgIpc) is 3.25. The fraction of sp³-hybridized carbons (Fsp3) is 0.350. The lowest BCUT2D eigenvalue weighted by Crippen LogP contribution is -2.55. The number of nitrogens with zero attached hydrogens (tertiary/aromatic N) is 1. The molecule has 0 saturated carbocycles. The number of aromatic amines is 1. The zero-order valence-corrected chi connectivity index (χ0v) is 17.2. The first kappa shape index (κ1) is 24.3. The molecule has 2 aromatic rings. The van der Waals surface area contributed by atoms with Crippen molar-refractivity contribution in [3.8, 4) is 5.75 Å². The van der Waals surface area contributed by atoms with Crippen molar-refractivity contribution in [3.63, 3.8) is 0 Å². The van der Waals surface area contributed by atoms with Gasteiger partial charge in [0.25, 0.3) is 0 Å². The Bertz CT molecular complexity index is 931. The van der Waals surface area contributed by atoms with Crippen molar-refractivity contribution in [1.29, 1.82) is 0 Å². The van der Waals surface area contributed by atoms with Gasteiger partial charge in [0.15, 0.2) is 0 Å². The van der Waals surface area contributed by atoms with Crippen LogP contribution in [0.4, 0.5) is 0 Å². The third-order valence-electron chi connectivity index (χ3n) is 4.64. The minimum absolute atomic E-state index is 0.00765. The number of imidazole rings is 1. The van der Waals surface area contributed by atoms with Gasteiger partial charge in [-0.1, -0.05) is 12.1 Å². The highest BCUT2D eigenvalue weighted by atomic mass is 16.4. The summed E-state index contributed by atoms with van der Waals surface area (Å²) in [5, 5.41) is 23.9. The number of carbonyl (C=O) groups excluding carboxylic acids is 3. The molecule has 9 N–H and O–H groups in total. The maximum atomic E-state index is 12.9. The van der Waals surface area contributed by atoms with E-state index in [1.165, 1.54) is 24.7 Å². The van der Waals surface area contributed by atoms with E-state index >= 15 is 0 Å². The standard InChI is InChI=1S/C20H26N6O6/c21-14(5-6-17(22)28)18(29)25-15(7-11-1-3-13(27)4-2-11)19(30)26-16(20(31)32)8-12-9-23-10-24-12/h1-4,9-10,14-16,27H,5-8,21H2,(H2,22,28)(H,23,24)(H,25,29)(H,26,30)(H,31,32)/t14-,15-,16-/m0/s1. The maximum Gasteiger partial charge on any atom is 0.326 e. The summed E-state index contributed by atoms with van der Waals surface area (Å²) in [5.41, 5.74) is 12.0. The molecule has 1 heterocycles. The lowest BCUT2D eigenvalue weighted by Gasteiger charge is -2.23. The molecule has 3 atom stereocenters. The third kappa shape index (κ3) is 7.72. The molecule has 0 bridgehead atoms. The van der Waals surface area contributed by atoms with Crippen LogP contribution in [-0.4, -0.2) is 62.0 Å². The zero-order chi connectivity index (χ0) is 23.7. The molecule has 0 aliphatic heterocycles. The Morgan fingerprint density at radius 3 is 2.25 bits per heavy atom. The molecule has 12 heteroatoms. The number of benzene rings is 1. The van der Waals surface area contributed by atoms with Gasteiger partial charge < -0.3 is 37.3 Å². The molecule has 1 aromatic heterocycles. The summed E-state index contributed by atoms with van der Waals surface area (Å²) < 4.78 is 0. The first-order chi connectivity index (χ1) is 15.2. The van der Waals surface area contributed by atoms with E-state index < -0.39 is 41.8 Å². The molecule has 0 aliphatic rings. The Morgan fingerprint density at radius 2 is 1.69 bits per heavy atom. The Kier molecular flexibility index (Phi) is 8.72. The number of nitrogens with one attached hydrogen (secondary N) is 3. The van der Waals surface area contributed by atoms with Crippen molar-refractivity contribution in [2.75, 3.05) is 0 Å². The molecule has 1 aromatic carbocycles. The van der Waals surface area contributed by atoms with Crippen LogP contribution in [0.1, 0.15) is 24.1 Å². The Labute approximate surface area is 183 Å². The number of H-pyrrole nitrogens is 1. The number of aromatic nitrogens is 2. The minimum atomic E-state index is -1.27. The molecule has 0 fully saturated rings. The first-order valence-electron chi connectivity index (χ1n) is 9.78. The van der Waals surface area contributed by atoms with Crippen molar-refractivity contribution in [1.82, 2.24) is 20.6 Å². The van der Waals surface area contributed by atoms with Crippen molar-refractivity contribution >= 4 is 23.7 Å². The second-order valence-corrected chi connectivity index (χ2v) is 7.22. The lowest BCUT2D eigenvalue weighted by molar-refractivity contribution is -0.142. The predicted octanol–water partition coefficient (Wildman–Crippen LogP) is -1.45. The highest BCUT2D eigenvalue weighted by molar-refractivity contribution is 5.92. The molecule has 0 unspecified atom stereocenters. The van der Waals surface area contributed by atoms with Crippen LogP contribution >= 0.6 is 0 Å². The molecule has 0 spiro atoms. The molecule has 0 aliphatic carbocycles. The first-order valence-corrected chi connectivity index (χ1v) is 9.78. The van der Waals surface area contributed by atoms with Crippen LogP contribution in [0.2, 0.25) is 0 Å². The van der Waals surface area contributed by atoms with Crippen LogP contribution in [0.5, 0.6) is 5.75 Å². The summed E-state index contributed by atoms with van der Waals surface area (Å²) in [6.07, 6.45) is 2.68. The van der Waals surface area contributed by atoms with Gasteiger partial charge in [0.05, 0.1) is 12.4 Å². The van der Waals surface area contributed by atoms with Gasteiger partial charge in [-0.25, -0.2) is 9.78 Å². The number of phenolic OH excluding ortho intramolecular Hbond substituents is 1. The molecular formula is C20H26N6O6. The van der Waals surface area contributed by atoms with Gasteiger partial charge in [0.2, 0.25) is 17.7 Å². The second kappa shape index (κ2) is 11.5. The van der Waals surface area contributed by atoms with E-state index in [2.05, 4.69) is 20.6 Å². The number of rotatable bonds is 12. The number of hydrogen-bond donors (Lipinski definition) is 7. The van der Waals surface area contributed by atoms with E-state index in [1.54, 1.807) is 12.1 Å². The van der Waals surface area contributed by atoms with E-state index in [9.17, 15) is 29.4 Å². The summed E-state index contributed by atoms with van der Waals surface area (Å²) in [7, 11) is 0. The van der Waals surface area contributed by atoms with Crippen LogP contribution in [0.25, 0.3) is 0 Å². The number of primary amides is 1. The predicted molar refractivity (Wildman–Crippen MR) is 112 cm³/mol. The maximum absolute atomic E-state index is 12.9. The van der Waals surface area contributed by atoms with E-state index in [4.69, 9.17) is 11.5 Å². The molecule has 3 amide bonds. The fourth-order valence-electron chi connectivity index (χ4n) is 2.87. The summed E-state index contributed by atoms with van der Waals surface area (Å²) in [5.74, 6) is -3.28. The second-order valence-electron chi connectivity index (χ2n) is 7.22. The van der Waals surface area contributed by atoms with Crippen LogP contribution < -0.4 is 22.1 Å². The molecule has 32 heavy (non-hydrogen) atoms. The van der Waals surface area contributed by atoms with Gasteiger partial charge in [-0.2, -0.15) is 0 Å². The van der Waals surface area contributed by atoms with Gasteiger partial charge in [-0.05, 0) is 24.1 Å². The smallest absolute Gasteiger partial charge is 0.326 e. The van der Waals surface area contributed by atoms with E-state index in [0.29, 0.717) is 11.3 Å². The number of carbonyl (C=O) groups is 4. The quantitative estimate of drug-likeness (QED) is 0.204. The number of carboxylic acids is 1. The average molecular weight is 446 g/mol. The minimum Gasteiger partial charge on any atom is -0.508 e. The topological polar surface area (TPSA) is 214 Å². The Balaban J connectivity index is 2.14. The Morgan fingerprint density at radius 1 is 1.03 bits per heavy atom. The molecule has 2 rings (SSSR count). The van der Waals surface area contributed by atoms with Gasteiger partial charge >= 0.3 is 5.97 Å². The molecular weight excluding hydrogens is 420 g/mol. The van der Waals surface area contributed by atoms with Crippen LogP contribution in [0.3, 0.4) is 0 Å². The van der Waals surface area contributed by atoms with Crippen molar-refractivity contribution in [2.45, 2.75) is 43.8 Å². The number of amides is 3. The third-order valence-corrected chi connectivity index (χ3v) is 4.64. The fourth-order valence-corrected chi connectivity index (χ4v) is 2.87. The summed E-state index contributed by atoms with van der Waals surface area (Å²) >= 11 is 0. The Hall–Kier alpha value is -3.93. The van der Waals surface area contributed by atoms with Crippen LogP contribution in [0, 0.1) is 0 Å². The van der Waals surface area contributed by atoms with Gasteiger partial charge in [-0.3, -0.25) is 14.4 Å². The van der Waals surface area contributed by atoms with E-state index in [-0.39, 0.29) is 31.4 Å². The molecule has 172 valence electrons. The van der Waals surface area contributed by atoms with E-state index in [0.717, 1.165) is 0 Å². The van der Waals surface area contributed by atoms with Crippen LogP contribution in [0.15, 0.2) is 36.8 Å². The zero-order valence-electron chi connectivity index (χ0n) is 17.2. The number of nitrogens with two attached hydrogens (primary N) is 2. The van der Waals surface area contributed by atoms with E-state index in [1.807, 2.05) is 0 Å². The summed E-state index contributed by atoms with van der Waals surface area (Å²) in [4.78, 5) is 54.5. The van der Waals surface area contributed by atoms with Gasteiger partial charge in [-0.15, -0.1) is 0 Å². The SMILES string of the molecule is NC(=O)CC[C@H](N)C(=O)N[C@@H](Cc1ccc(O)cc1)C(=O)N[C@@H](Cc1cnc[nH]1)C(=O)O. The molecule has 0 saturated heterocycles. The van der Waals surface area contributed by atoms with Crippen molar-refractivity contribution in [2.24, 2.45) is 11.5 Å². The van der Waals surface area contributed by atoms with Gasteiger partial charge in [0, 0.05) is 31.2 Å². The van der Waals surface area contributed by atoms with Crippen molar-refractivity contribution in [3.05, 3.63) is 48.0 Å². The molecule has 0 radical (unpaired) electrons. The van der Waals surface area contributed by atoms with Crippen LogP contribution in [-0.2, 0) is 32.0 Å². The lowest BCUT2D eigenvalue weighted by atomic mass is 10.0. The summed E-state index contributed by atoms with van der Waals surface area (Å²) in [6, 6.07) is 2.45. The normalized spacial score (nSPS) is 13.5. The number of hydrogen-bond acceptors (Lipinski definition) is 7. The number of carboxylic acid groups (broad SMARTS) is 1. The highest BCUT2D eigenvalue weighted by Crippen LogP contribution is 2.12. The number of phenols is 1. The molecule has 12 nitrogen and oxygen atoms in total. The monoisotopic (exact) mass is 446 g/mol. The summed E-state index contributed by atoms with van der Waals surface area (Å²) in [6.45, 7) is 0. The van der Waals surface area contributed by atoms with Gasteiger partial charge in [0.1, 0.15) is 17.8 Å². The largest absolute Gasteiger partial charge is 0.508 e.